The number of hydrogen-bond acceptors (Lipinski definition) is 2. The second-order valence-corrected chi connectivity index (χ2v) is 10.8. The van der Waals surface area contributed by atoms with Crippen molar-refractivity contribution < 1.29 is 9.84 Å². The van der Waals surface area contributed by atoms with Crippen LogP contribution in [0.1, 0.15) is 91.9 Å². The molecule has 0 spiro atoms. The van der Waals surface area contributed by atoms with Gasteiger partial charge in [-0.1, -0.05) is 70.3 Å². The van der Waals surface area contributed by atoms with Crippen LogP contribution < -0.4 is 0 Å². The molecule has 0 aromatic rings. The van der Waals surface area contributed by atoms with Crippen molar-refractivity contribution in [3.8, 4) is 0 Å². The molecule has 2 nitrogen and oxygen atoms in total. The van der Waals surface area contributed by atoms with Gasteiger partial charge in [-0.3, -0.25) is 0 Å². The average molecular weight is 403 g/mol. The summed E-state index contributed by atoms with van der Waals surface area (Å²) in [7, 11) is 1.82. The molecule has 0 heterocycles. The van der Waals surface area contributed by atoms with Gasteiger partial charge in [0.1, 0.15) is 0 Å². The second kappa shape index (κ2) is 10.1. The number of methoxy groups -OCH3 is 1. The van der Waals surface area contributed by atoms with E-state index < -0.39 is 0 Å². The van der Waals surface area contributed by atoms with Crippen LogP contribution in [-0.4, -0.2) is 24.9 Å². The molecule has 1 N–H and O–H groups in total. The van der Waals surface area contributed by atoms with Gasteiger partial charge in [-0.05, 0) is 80.0 Å². The van der Waals surface area contributed by atoms with Crippen LogP contribution >= 0.6 is 0 Å². The Morgan fingerprint density at radius 3 is 2.72 bits per heavy atom. The van der Waals surface area contributed by atoms with Gasteiger partial charge < -0.3 is 9.84 Å². The smallest absolute Gasteiger partial charge is 0.0637 e. The van der Waals surface area contributed by atoms with Gasteiger partial charge in [-0.15, -0.1) is 0 Å². The predicted octanol–water partition coefficient (Wildman–Crippen LogP) is 6.94. The molecular formula is C27H46O2. The highest BCUT2D eigenvalue weighted by Crippen LogP contribution is 2.59. The van der Waals surface area contributed by atoms with E-state index in [1.807, 2.05) is 7.11 Å². The third-order valence-electron chi connectivity index (χ3n) is 9.13. The Hall–Kier alpha value is -0.600. The van der Waals surface area contributed by atoms with E-state index in [0.29, 0.717) is 17.3 Å². The minimum Gasteiger partial charge on any atom is -0.396 e. The van der Waals surface area contributed by atoms with Gasteiger partial charge in [-0.25, -0.2) is 0 Å². The summed E-state index contributed by atoms with van der Waals surface area (Å²) in [6.07, 6.45) is 18.2. The lowest BCUT2D eigenvalue weighted by Crippen LogP contribution is -2.36. The van der Waals surface area contributed by atoms with Crippen molar-refractivity contribution in [1.82, 2.24) is 0 Å². The molecule has 166 valence electrons. The Morgan fingerprint density at radius 1 is 1.24 bits per heavy atom. The summed E-state index contributed by atoms with van der Waals surface area (Å²) in [5.74, 6) is 3.34. The van der Waals surface area contributed by atoms with Crippen LogP contribution in [0.15, 0.2) is 23.3 Å². The number of unbranched alkanes of at least 4 members (excludes halogenated alkanes) is 1. The van der Waals surface area contributed by atoms with Crippen LogP contribution in [-0.2, 0) is 4.74 Å². The molecule has 3 aliphatic rings. The summed E-state index contributed by atoms with van der Waals surface area (Å²) in [4.78, 5) is 0. The Labute approximate surface area is 180 Å². The molecule has 3 aliphatic carbocycles. The maximum Gasteiger partial charge on any atom is 0.0637 e. The first-order valence-electron chi connectivity index (χ1n) is 12.5. The normalized spacial score (nSPS) is 41.7. The average Bonchev–Trinajstić information content (AvgIpc) is 3.08. The zero-order valence-electron chi connectivity index (χ0n) is 19.8. The summed E-state index contributed by atoms with van der Waals surface area (Å²) in [6, 6.07) is 0. The van der Waals surface area contributed by atoms with Gasteiger partial charge in [0.15, 0.2) is 0 Å². The molecule has 0 saturated heterocycles. The lowest BCUT2D eigenvalue weighted by atomic mass is 9.60. The Morgan fingerprint density at radius 2 is 2.03 bits per heavy atom. The molecule has 3 rings (SSSR count). The number of aliphatic hydroxyl groups excluding tert-OH is 1. The predicted molar refractivity (Wildman–Crippen MR) is 123 cm³/mol. The molecule has 0 aromatic heterocycles. The molecule has 0 amide bonds. The quantitative estimate of drug-likeness (QED) is 0.500. The van der Waals surface area contributed by atoms with Crippen LogP contribution in [0.5, 0.6) is 0 Å². The van der Waals surface area contributed by atoms with Crippen LogP contribution in [0.25, 0.3) is 0 Å². The fourth-order valence-corrected chi connectivity index (χ4v) is 7.19. The fraction of sp³-hybridized carbons (Fsp3) is 0.852. The van der Waals surface area contributed by atoms with Crippen molar-refractivity contribution in [3.63, 3.8) is 0 Å². The summed E-state index contributed by atoms with van der Waals surface area (Å²) in [5, 5.41) is 9.81. The number of hydrogen-bond donors (Lipinski definition) is 1. The van der Waals surface area contributed by atoms with E-state index in [9.17, 15) is 5.11 Å². The number of aliphatic hydroxyl groups is 1. The molecule has 3 saturated carbocycles. The van der Waals surface area contributed by atoms with Gasteiger partial charge in [-0.2, -0.15) is 0 Å². The molecule has 29 heavy (non-hydrogen) atoms. The van der Waals surface area contributed by atoms with Gasteiger partial charge in [0.05, 0.1) is 6.10 Å². The molecule has 3 unspecified atom stereocenters. The minimum atomic E-state index is 0.248. The SMILES string of the molecule is CCCC[C@H](C)C1CCC2/C(=C/C=C3/C[C@@H](CO)C(C)[C@H](OC)C3)CCC[C@@]21C. The number of fused-ring (bicyclic) bond motifs is 1. The Bertz CT molecular complexity index is 575. The zero-order valence-corrected chi connectivity index (χ0v) is 19.8. The maximum atomic E-state index is 9.81. The summed E-state index contributed by atoms with van der Waals surface area (Å²) >= 11 is 0. The van der Waals surface area contributed by atoms with E-state index in [4.69, 9.17) is 4.74 Å². The number of ether oxygens (including phenoxy) is 1. The summed E-state index contributed by atoms with van der Waals surface area (Å²) in [6.45, 7) is 9.96. The van der Waals surface area contributed by atoms with Crippen LogP contribution in [0.4, 0.5) is 0 Å². The molecule has 2 heteroatoms. The topological polar surface area (TPSA) is 29.5 Å². The first-order chi connectivity index (χ1) is 13.9. The molecule has 0 bridgehead atoms. The van der Waals surface area contributed by atoms with Crippen molar-refractivity contribution in [3.05, 3.63) is 23.3 Å². The van der Waals surface area contributed by atoms with Crippen LogP contribution in [0.3, 0.4) is 0 Å². The van der Waals surface area contributed by atoms with Gasteiger partial charge in [0.25, 0.3) is 0 Å². The lowest BCUT2D eigenvalue weighted by Gasteiger charge is -2.44. The van der Waals surface area contributed by atoms with Crippen molar-refractivity contribution >= 4 is 0 Å². The van der Waals surface area contributed by atoms with Gasteiger partial charge in [0, 0.05) is 13.7 Å². The van der Waals surface area contributed by atoms with E-state index in [1.54, 1.807) is 5.57 Å². The summed E-state index contributed by atoms with van der Waals surface area (Å²) in [5.41, 5.74) is 3.70. The number of allylic oxidation sites excluding steroid dienone is 3. The van der Waals surface area contributed by atoms with E-state index in [1.165, 1.54) is 56.9 Å². The maximum absolute atomic E-state index is 9.81. The van der Waals surface area contributed by atoms with E-state index in [0.717, 1.165) is 30.6 Å². The fourth-order valence-electron chi connectivity index (χ4n) is 7.19. The highest BCUT2D eigenvalue weighted by Gasteiger charge is 2.50. The Balaban J connectivity index is 1.74. The first kappa shape index (κ1) is 23.1. The lowest BCUT2D eigenvalue weighted by molar-refractivity contribution is 0.00500. The molecule has 7 atom stereocenters. The largest absolute Gasteiger partial charge is 0.396 e. The van der Waals surface area contributed by atoms with Crippen molar-refractivity contribution in [1.29, 1.82) is 0 Å². The van der Waals surface area contributed by atoms with E-state index >= 15 is 0 Å². The van der Waals surface area contributed by atoms with Gasteiger partial charge in [0.2, 0.25) is 0 Å². The standard InChI is InChI=1S/C27H46O2/c1-6-7-9-19(2)24-13-14-25-22(10-8-15-27(24,25)4)12-11-21-16-23(18-28)20(3)26(17-21)29-5/h11-12,19-20,23-26,28H,6-10,13-18H2,1-5H3/b21-11-,22-12+/t19-,20?,23-,24?,25?,26+,27+/m0/s1. The van der Waals surface area contributed by atoms with Crippen molar-refractivity contribution in [2.24, 2.45) is 35.0 Å². The minimum absolute atomic E-state index is 0.248. The highest BCUT2D eigenvalue weighted by atomic mass is 16.5. The van der Waals surface area contributed by atoms with Crippen molar-refractivity contribution in [2.75, 3.05) is 13.7 Å². The van der Waals surface area contributed by atoms with Gasteiger partial charge >= 0.3 is 0 Å². The monoisotopic (exact) mass is 402 g/mol. The second-order valence-electron chi connectivity index (χ2n) is 10.8. The molecule has 0 radical (unpaired) electrons. The highest BCUT2D eigenvalue weighted by molar-refractivity contribution is 5.26. The number of rotatable bonds is 7. The summed E-state index contributed by atoms with van der Waals surface area (Å²) < 4.78 is 5.74. The van der Waals surface area contributed by atoms with E-state index in [2.05, 4.69) is 39.8 Å². The first-order valence-corrected chi connectivity index (χ1v) is 12.5. The third kappa shape index (κ3) is 4.85. The third-order valence-corrected chi connectivity index (χ3v) is 9.13. The van der Waals surface area contributed by atoms with E-state index in [-0.39, 0.29) is 12.7 Å². The molecule has 0 aromatic carbocycles. The van der Waals surface area contributed by atoms with Crippen LogP contribution in [0, 0.1) is 35.0 Å². The Kier molecular flexibility index (Phi) is 8.07. The molecule has 0 aliphatic heterocycles. The molecular weight excluding hydrogens is 356 g/mol. The molecule has 3 fully saturated rings. The van der Waals surface area contributed by atoms with Crippen LogP contribution in [0.2, 0.25) is 0 Å². The zero-order chi connectivity index (χ0) is 21.0. The van der Waals surface area contributed by atoms with Crippen molar-refractivity contribution in [2.45, 2.75) is 98.0 Å².